The highest BCUT2D eigenvalue weighted by Crippen LogP contribution is 2.31. The van der Waals surface area contributed by atoms with Gasteiger partial charge in [0.05, 0.1) is 6.04 Å². The molecule has 4 nitrogen and oxygen atoms in total. The van der Waals surface area contributed by atoms with Gasteiger partial charge in [-0.1, -0.05) is 18.6 Å². The lowest BCUT2D eigenvalue weighted by Gasteiger charge is -2.36. The van der Waals surface area contributed by atoms with Crippen molar-refractivity contribution in [3.8, 4) is 0 Å². The predicted molar refractivity (Wildman–Crippen MR) is 94.4 cm³/mol. The lowest BCUT2D eigenvalue weighted by Crippen LogP contribution is -2.41. The highest BCUT2D eigenvalue weighted by Gasteiger charge is 2.28. The third-order valence-corrected chi connectivity index (χ3v) is 5.34. The zero-order valence-electron chi connectivity index (χ0n) is 14.8. The topological polar surface area (TPSA) is 40.6 Å². The van der Waals surface area contributed by atoms with Crippen molar-refractivity contribution < 1.29 is 14.0 Å². The van der Waals surface area contributed by atoms with E-state index in [0.717, 1.165) is 57.2 Å². The number of piperidine rings is 1. The van der Waals surface area contributed by atoms with Crippen LogP contribution in [0.2, 0.25) is 0 Å². The quantitative estimate of drug-likeness (QED) is 0.834. The minimum Gasteiger partial charge on any atom is -0.342 e. The Morgan fingerprint density at radius 3 is 2.60 bits per heavy atom. The Morgan fingerprint density at radius 1 is 1.04 bits per heavy atom. The molecule has 2 aliphatic heterocycles. The highest BCUT2D eigenvalue weighted by molar-refractivity contribution is 5.79. The van der Waals surface area contributed by atoms with Crippen molar-refractivity contribution in [3.05, 3.63) is 35.6 Å². The van der Waals surface area contributed by atoms with Gasteiger partial charge in [0.2, 0.25) is 11.8 Å². The molecule has 1 aromatic carbocycles. The lowest BCUT2D eigenvalue weighted by atomic mass is 9.95. The maximum absolute atomic E-state index is 13.2. The molecule has 1 aromatic rings. The van der Waals surface area contributed by atoms with E-state index in [1.54, 1.807) is 12.1 Å². The SMILES string of the molecule is O=C1CCCCCN1CCC(=O)N1CCCC[C@H]1c1ccc(F)cc1. The fourth-order valence-electron chi connectivity index (χ4n) is 3.91. The third-order valence-electron chi connectivity index (χ3n) is 5.34. The standard InChI is InChI=1S/C20H27FN2O2/c21-17-10-8-16(9-11-17)18-6-3-5-14-23(18)20(25)12-15-22-13-4-1-2-7-19(22)24/h8-11,18H,1-7,12-15H2/t18-/m0/s1. The Morgan fingerprint density at radius 2 is 1.80 bits per heavy atom. The average molecular weight is 346 g/mol. The molecule has 0 bridgehead atoms. The predicted octanol–water partition coefficient (Wildman–Crippen LogP) is 3.67. The summed E-state index contributed by atoms with van der Waals surface area (Å²) in [5.74, 6) is 0.0298. The van der Waals surface area contributed by atoms with Crippen molar-refractivity contribution in [1.82, 2.24) is 9.80 Å². The number of hydrogen-bond donors (Lipinski definition) is 0. The van der Waals surface area contributed by atoms with E-state index >= 15 is 0 Å². The molecule has 0 N–H and O–H groups in total. The zero-order valence-corrected chi connectivity index (χ0v) is 14.8. The molecule has 0 unspecified atom stereocenters. The summed E-state index contributed by atoms with van der Waals surface area (Å²) in [7, 11) is 0. The van der Waals surface area contributed by atoms with Crippen LogP contribution in [0, 0.1) is 5.82 Å². The summed E-state index contributed by atoms with van der Waals surface area (Å²) in [4.78, 5) is 28.7. The summed E-state index contributed by atoms with van der Waals surface area (Å²) < 4.78 is 13.2. The van der Waals surface area contributed by atoms with Gasteiger partial charge in [-0.3, -0.25) is 9.59 Å². The van der Waals surface area contributed by atoms with Crippen LogP contribution in [0.25, 0.3) is 0 Å². The van der Waals surface area contributed by atoms with Crippen LogP contribution in [-0.4, -0.2) is 41.2 Å². The van der Waals surface area contributed by atoms with E-state index in [1.165, 1.54) is 12.1 Å². The van der Waals surface area contributed by atoms with Crippen molar-refractivity contribution in [2.75, 3.05) is 19.6 Å². The number of hydrogen-bond acceptors (Lipinski definition) is 2. The Bertz CT molecular complexity index is 602. The van der Waals surface area contributed by atoms with Crippen molar-refractivity contribution in [2.24, 2.45) is 0 Å². The maximum Gasteiger partial charge on any atom is 0.224 e. The van der Waals surface area contributed by atoms with Gasteiger partial charge in [-0.05, 0) is 49.8 Å². The van der Waals surface area contributed by atoms with Crippen molar-refractivity contribution in [3.63, 3.8) is 0 Å². The first kappa shape index (κ1) is 17.9. The van der Waals surface area contributed by atoms with Crippen LogP contribution in [0.3, 0.4) is 0 Å². The van der Waals surface area contributed by atoms with Gasteiger partial charge in [0, 0.05) is 32.5 Å². The second kappa shape index (κ2) is 8.45. The van der Waals surface area contributed by atoms with E-state index in [4.69, 9.17) is 0 Å². The second-order valence-corrected chi connectivity index (χ2v) is 7.09. The van der Waals surface area contributed by atoms with Gasteiger partial charge in [0.15, 0.2) is 0 Å². The van der Waals surface area contributed by atoms with Gasteiger partial charge < -0.3 is 9.80 Å². The number of likely N-dealkylation sites (tertiary alicyclic amines) is 2. The number of halogens is 1. The molecule has 2 saturated heterocycles. The summed E-state index contributed by atoms with van der Waals surface area (Å²) in [6.45, 7) is 2.03. The van der Waals surface area contributed by atoms with Crippen LogP contribution >= 0.6 is 0 Å². The van der Waals surface area contributed by atoms with Crippen molar-refractivity contribution in [2.45, 2.75) is 57.4 Å². The van der Waals surface area contributed by atoms with E-state index in [1.807, 2.05) is 9.80 Å². The van der Waals surface area contributed by atoms with E-state index in [9.17, 15) is 14.0 Å². The summed E-state index contributed by atoms with van der Waals surface area (Å²) in [6.07, 6.45) is 7.07. The molecular formula is C20H27FN2O2. The molecule has 2 aliphatic rings. The molecule has 0 aromatic heterocycles. The molecule has 0 saturated carbocycles. The van der Waals surface area contributed by atoms with Crippen LogP contribution in [0.15, 0.2) is 24.3 Å². The Labute approximate surface area is 149 Å². The molecule has 0 radical (unpaired) electrons. The van der Waals surface area contributed by atoms with Crippen LogP contribution in [0.4, 0.5) is 4.39 Å². The Kier molecular flexibility index (Phi) is 6.05. The number of rotatable bonds is 4. The van der Waals surface area contributed by atoms with E-state index < -0.39 is 0 Å². The smallest absolute Gasteiger partial charge is 0.224 e. The summed E-state index contributed by atoms with van der Waals surface area (Å²) in [5.41, 5.74) is 1.00. The van der Waals surface area contributed by atoms with Crippen molar-refractivity contribution in [1.29, 1.82) is 0 Å². The molecule has 25 heavy (non-hydrogen) atoms. The molecule has 1 atom stereocenters. The van der Waals surface area contributed by atoms with E-state index in [-0.39, 0.29) is 23.7 Å². The number of nitrogens with zero attached hydrogens (tertiary/aromatic N) is 2. The minimum atomic E-state index is -0.253. The zero-order chi connectivity index (χ0) is 17.6. The molecule has 2 heterocycles. The van der Waals surface area contributed by atoms with Crippen LogP contribution in [0.5, 0.6) is 0 Å². The first-order chi connectivity index (χ1) is 12.1. The molecular weight excluding hydrogens is 319 g/mol. The molecule has 2 amide bonds. The fourth-order valence-corrected chi connectivity index (χ4v) is 3.91. The first-order valence-corrected chi connectivity index (χ1v) is 9.48. The minimum absolute atomic E-state index is 0.0293. The van der Waals surface area contributed by atoms with Crippen LogP contribution in [-0.2, 0) is 9.59 Å². The normalized spacial score (nSPS) is 22.0. The second-order valence-electron chi connectivity index (χ2n) is 7.09. The molecule has 0 spiro atoms. The summed E-state index contributed by atoms with van der Waals surface area (Å²) >= 11 is 0. The van der Waals surface area contributed by atoms with Gasteiger partial charge in [0.1, 0.15) is 5.82 Å². The molecule has 0 aliphatic carbocycles. The van der Waals surface area contributed by atoms with Gasteiger partial charge in [-0.2, -0.15) is 0 Å². The largest absolute Gasteiger partial charge is 0.342 e. The molecule has 5 heteroatoms. The van der Waals surface area contributed by atoms with E-state index in [2.05, 4.69) is 0 Å². The van der Waals surface area contributed by atoms with Crippen molar-refractivity contribution >= 4 is 11.8 Å². The number of amides is 2. The molecule has 2 fully saturated rings. The highest BCUT2D eigenvalue weighted by atomic mass is 19.1. The molecule has 3 rings (SSSR count). The number of benzene rings is 1. The van der Waals surface area contributed by atoms with Gasteiger partial charge in [0.25, 0.3) is 0 Å². The monoisotopic (exact) mass is 346 g/mol. The maximum atomic E-state index is 13.2. The Hall–Kier alpha value is -1.91. The van der Waals surface area contributed by atoms with E-state index in [0.29, 0.717) is 19.4 Å². The molecule has 136 valence electrons. The lowest BCUT2D eigenvalue weighted by molar-refractivity contribution is -0.136. The number of carbonyl (C=O) groups is 2. The summed E-state index contributed by atoms with van der Waals surface area (Å²) in [5, 5.41) is 0. The van der Waals surface area contributed by atoms with Crippen LogP contribution < -0.4 is 0 Å². The van der Waals surface area contributed by atoms with Gasteiger partial charge in [-0.25, -0.2) is 4.39 Å². The third kappa shape index (κ3) is 4.59. The van der Waals surface area contributed by atoms with Gasteiger partial charge in [-0.15, -0.1) is 0 Å². The van der Waals surface area contributed by atoms with Crippen LogP contribution in [0.1, 0.15) is 63.0 Å². The average Bonchev–Trinajstić information content (AvgIpc) is 2.84. The first-order valence-electron chi connectivity index (χ1n) is 9.48. The summed E-state index contributed by atoms with van der Waals surface area (Å²) in [6, 6.07) is 6.51. The fraction of sp³-hybridized carbons (Fsp3) is 0.600. The van der Waals surface area contributed by atoms with Gasteiger partial charge >= 0.3 is 0 Å². The number of carbonyl (C=O) groups excluding carboxylic acids is 2. The Balaban J connectivity index is 1.62.